The molecule has 582 valence electrons. The van der Waals surface area contributed by atoms with Gasteiger partial charge in [-0.05, 0) is 31.6 Å². The first kappa shape index (κ1) is 96.1. The van der Waals surface area contributed by atoms with E-state index in [9.17, 15) is 43.2 Å². The third kappa shape index (κ3) is 72.4. The van der Waals surface area contributed by atoms with Gasteiger partial charge in [-0.15, -0.1) is 0 Å². The van der Waals surface area contributed by atoms with Gasteiger partial charge in [0.25, 0.3) is 0 Å². The molecule has 17 nitrogen and oxygen atoms in total. The van der Waals surface area contributed by atoms with Crippen molar-refractivity contribution in [2.24, 2.45) is 5.92 Å². The summed E-state index contributed by atoms with van der Waals surface area (Å²) in [5.41, 5.74) is 0. The first-order valence-corrected chi connectivity index (χ1v) is 44.1. The topological polar surface area (TPSA) is 237 Å². The maximum Gasteiger partial charge on any atom is 0.472 e. The molecule has 0 spiro atoms. The number of carbonyl (C=O) groups excluding carboxylic acids is 4. The van der Waals surface area contributed by atoms with Gasteiger partial charge in [0.2, 0.25) is 0 Å². The molecule has 0 aromatic heterocycles. The summed E-state index contributed by atoms with van der Waals surface area (Å²) in [5.74, 6) is -1.46. The summed E-state index contributed by atoms with van der Waals surface area (Å²) in [5, 5.41) is 10.6. The Morgan fingerprint density at radius 2 is 0.469 bits per heavy atom. The molecule has 0 aliphatic rings. The predicted octanol–water partition coefficient (Wildman–Crippen LogP) is 23.6. The van der Waals surface area contributed by atoms with E-state index in [1.54, 1.807) is 0 Å². The van der Waals surface area contributed by atoms with E-state index in [0.717, 1.165) is 96.3 Å². The molecule has 0 aliphatic heterocycles. The van der Waals surface area contributed by atoms with E-state index < -0.39 is 97.5 Å². The normalized spacial score (nSPS) is 13.9. The van der Waals surface area contributed by atoms with Crippen molar-refractivity contribution in [2.45, 2.75) is 438 Å². The number of rotatable bonds is 79. The van der Waals surface area contributed by atoms with Gasteiger partial charge >= 0.3 is 39.5 Å². The molecule has 5 atom stereocenters. The molecule has 98 heavy (non-hydrogen) atoms. The Hall–Kier alpha value is -1.94. The third-order valence-corrected chi connectivity index (χ3v) is 20.4. The Labute approximate surface area is 600 Å². The van der Waals surface area contributed by atoms with Crippen molar-refractivity contribution in [3.05, 3.63) is 0 Å². The molecule has 0 aliphatic carbocycles. The fourth-order valence-electron chi connectivity index (χ4n) is 12.2. The lowest BCUT2D eigenvalue weighted by atomic mass is 10.0. The second-order valence-corrected chi connectivity index (χ2v) is 31.8. The Bertz CT molecular complexity index is 1870. The number of ether oxygens (including phenoxy) is 4. The van der Waals surface area contributed by atoms with Gasteiger partial charge < -0.3 is 33.8 Å². The third-order valence-electron chi connectivity index (χ3n) is 18.5. The molecule has 0 saturated carbocycles. The fourth-order valence-corrected chi connectivity index (χ4v) is 13.8. The van der Waals surface area contributed by atoms with Crippen LogP contribution in [0.5, 0.6) is 0 Å². The molecule has 0 saturated heterocycles. The second kappa shape index (κ2) is 72.0. The van der Waals surface area contributed by atoms with Gasteiger partial charge in [0.1, 0.15) is 19.3 Å². The molecule has 0 rings (SSSR count). The molecule has 0 aromatic rings. The quantitative estimate of drug-likeness (QED) is 0.0222. The number of hydrogen-bond donors (Lipinski definition) is 3. The van der Waals surface area contributed by atoms with Crippen LogP contribution in [0.4, 0.5) is 0 Å². The van der Waals surface area contributed by atoms with Crippen LogP contribution in [0.25, 0.3) is 0 Å². The van der Waals surface area contributed by atoms with Crippen LogP contribution >= 0.6 is 15.6 Å². The highest BCUT2D eigenvalue weighted by Crippen LogP contribution is 2.45. The van der Waals surface area contributed by atoms with E-state index in [4.69, 9.17) is 37.0 Å². The number of hydrogen-bond acceptors (Lipinski definition) is 15. The molecule has 0 bridgehead atoms. The zero-order chi connectivity index (χ0) is 71.9. The number of esters is 4. The van der Waals surface area contributed by atoms with Crippen molar-refractivity contribution in [2.75, 3.05) is 39.6 Å². The van der Waals surface area contributed by atoms with Crippen molar-refractivity contribution in [3.8, 4) is 0 Å². The van der Waals surface area contributed by atoms with Gasteiger partial charge in [0.05, 0.1) is 26.4 Å². The van der Waals surface area contributed by atoms with Crippen LogP contribution in [0.15, 0.2) is 0 Å². The van der Waals surface area contributed by atoms with Crippen LogP contribution < -0.4 is 0 Å². The minimum Gasteiger partial charge on any atom is -0.462 e. The van der Waals surface area contributed by atoms with Gasteiger partial charge in [-0.1, -0.05) is 369 Å². The van der Waals surface area contributed by atoms with Crippen molar-refractivity contribution in [3.63, 3.8) is 0 Å². The van der Waals surface area contributed by atoms with Crippen molar-refractivity contribution >= 4 is 39.5 Å². The van der Waals surface area contributed by atoms with Crippen molar-refractivity contribution in [1.82, 2.24) is 0 Å². The number of aliphatic hydroxyl groups excluding tert-OH is 1. The number of carbonyl (C=O) groups is 4. The van der Waals surface area contributed by atoms with E-state index in [-0.39, 0.29) is 25.7 Å². The van der Waals surface area contributed by atoms with E-state index in [2.05, 4.69) is 34.6 Å². The summed E-state index contributed by atoms with van der Waals surface area (Å²) < 4.78 is 68.3. The van der Waals surface area contributed by atoms with Gasteiger partial charge in [0, 0.05) is 25.7 Å². The first-order chi connectivity index (χ1) is 47.5. The largest absolute Gasteiger partial charge is 0.472 e. The molecule has 0 radical (unpaired) electrons. The van der Waals surface area contributed by atoms with Crippen molar-refractivity contribution < 1.29 is 80.2 Å². The van der Waals surface area contributed by atoms with E-state index in [1.165, 1.54) is 238 Å². The monoisotopic (exact) mass is 1440 g/mol. The van der Waals surface area contributed by atoms with Gasteiger partial charge in [-0.25, -0.2) is 9.13 Å². The molecule has 2 unspecified atom stereocenters. The minimum atomic E-state index is -4.96. The molecule has 0 fully saturated rings. The SMILES string of the molecule is CCCCCCCCCCCCCCCCCCCCCCCCC(=O)OC[C@H](COP(=O)(O)OC[C@@H](O)COP(=O)(O)OC[C@@H](COC(=O)CCCCCCC)OC(=O)CCCCCCCCC(C)C)OC(=O)CCCCCCCCCCCCCCCCCCCCCCCC. The van der Waals surface area contributed by atoms with Crippen LogP contribution in [0.2, 0.25) is 0 Å². The lowest BCUT2D eigenvalue weighted by Crippen LogP contribution is -2.30. The summed E-state index contributed by atoms with van der Waals surface area (Å²) in [7, 11) is -9.90. The molecule has 3 N–H and O–H groups in total. The Morgan fingerprint density at radius 3 is 0.694 bits per heavy atom. The highest BCUT2D eigenvalue weighted by atomic mass is 31.2. The fraction of sp³-hybridized carbons (Fsp3) is 0.949. The number of aliphatic hydroxyl groups is 1. The zero-order valence-electron chi connectivity index (χ0n) is 63.9. The van der Waals surface area contributed by atoms with E-state index in [0.29, 0.717) is 31.6 Å². The summed E-state index contributed by atoms with van der Waals surface area (Å²) in [6.07, 6.45) is 63.6. The summed E-state index contributed by atoms with van der Waals surface area (Å²) in [6, 6.07) is 0. The first-order valence-electron chi connectivity index (χ1n) is 41.1. The van der Waals surface area contributed by atoms with Gasteiger partial charge in [0.15, 0.2) is 12.2 Å². The van der Waals surface area contributed by atoms with Crippen LogP contribution in [-0.4, -0.2) is 96.7 Å². The number of phosphoric ester groups is 2. The molecule has 0 amide bonds. The zero-order valence-corrected chi connectivity index (χ0v) is 65.7. The van der Waals surface area contributed by atoms with Gasteiger partial charge in [-0.3, -0.25) is 37.3 Å². The Kier molecular flexibility index (Phi) is 70.6. The standard InChI is InChI=1S/C79H154O17P2/c1-6-9-12-15-17-19-21-23-25-27-29-31-33-35-37-39-41-43-45-47-53-58-63-77(82)90-69-75(95-78(83)64-59-54-48-46-44-42-40-38-36-34-32-30-28-26-24-22-20-18-16-13-10-7-2)71-94-98(87,88)92-67-73(80)66-91-97(85,86)93-70-74(68-89-76(81)62-57-51-14-11-8-3)96-79(84)65-60-55-50-49-52-56-61-72(4)5/h72-75,80H,6-71H2,1-5H3,(H,85,86)(H,87,88)/t73-,74+,75+/m0/s1. The summed E-state index contributed by atoms with van der Waals surface area (Å²) >= 11 is 0. The number of phosphoric acid groups is 2. The lowest BCUT2D eigenvalue weighted by molar-refractivity contribution is -0.161. The van der Waals surface area contributed by atoms with Crippen LogP contribution in [-0.2, 0) is 65.4 Å². The highest BCUT2D eigenvalue weighted by molar-refractivity contribution is 7.47. The van der Waals surface area contributed by atoms with Gasteiger partial charge in [-0.2, -0.15) is 0 Å². The van der Waals surface area contributed by atoms with Crippen molar-refractivity contribution in [1.29, 1.82) is 0 Å². The maximum atomic E-state index is 13.1. The molecular formula is C79H154O17P2. The average molecular weight is 1440 g/mol. The molecule has 0 aromatic carbocycles. The second-order valence-electron chi connectivity index (χ2n) is 28.9. The summed E-state index contributed by atoms with van der Waals surface area (Å²) in [6.45, 7) is 7.10. The lowest BCUT2D eigenvalue weighted by Gasteiger charge is -2.21. The summed E-state index contributed by atoms with van der Waals surface area (Å²) in [4.78, 5) is 72.5. The van der Waals surface area contributed by atoms with Crippen LogP contribution in [0, 0.1) is 5.92 Å². The highest BCUT2D eigenvalue weighted by Gasteiger charge is 2.30. The average Bonchev–Trinajstić information content (AvgIpc) is 1.41. The van der Waals surface area contributed by atoms with E-state index >= 15 is 0 Å². The van der Waals surface area contributed by atoms with Crippen LogP contribution in [0.1, 0.15) is 420 Å². The predicted molar refractivity (Wildman–Crippen MR) is 400 cm³/mol. The Morgan fingerprint density at radius 1 is 0.276 bits per heavy atom. The van der Waals surface area contributed by atoms with E-state index in [1.807, 2.05) is 0 Å². The minimum absolute atomic E-state index is 0.102. The molecule has 0 heterocycles. The Balaban J connectivity index is 5.06. The number of unbranched alkanes of at least 4 members (excludes halogenated alkanes) is 51. The maximum absolute atomic E-state index is 13.1. The molecule has 19 heteroatoms. The smallest absolute Gasteiger partial charge is 0.462 e. The van der Waals surface area contributed by atoms with Crippen LogP contribution in [0.3, 0.4) is 0 Å². The molecular weight excluding hydrogens is 1280 g/mol.